The van der Waals surface area contributed by atoms with E-state index in [1.54, 1.807) is 0 Å². The van der Waals surface area contributed by atoms with Crippen molar-refractivity contribution in [1.29, 1.82) is 0 Å². The molecule has 0 unspecified atom stereocenters. The quantitative estimate of drug-likeness (QED) is 0.742. The molecule has 2 aromatic carbocycles. The smallest absolute Gasteiger partial charge is 0.416 e. The third-order valence-corrected chi connectivity index (χ3v) is 2.32. The highest BCUT2D eigenvalue weighted by Crippen LogP contribution is 2.33. The molecule has 0 radical (unpaired) electrons. The van der Waals surface area contributed by atoms with Gasteiger partial charge in [-0.1, -0.05) is 12.1 Å². The monoisotopic (exact) mass is 267 g/mol. The summed E-state index contributed by atoms with van der Waals surface area (Å²) in [6, 6.07) is 10.3. The van der Waals surface area contributed by atoms with Gasteiger partial charge in [0.2, 0.25) is 0 Å². The van der Waals surface area contributed by atoms with Crippen LogP contribution in [-0.4, -0.2) is 0 Å². The molecule has 19 heavy (non-hydrogen) atoms. The summed E-state index contributed by atoms with van der Waals surface area (Å²) in [5.74, 6) is 0.286. The highest BCUT2D eigenvalue weighted by Gasteiger charge is 2.30. The van der Waals surface area contributed by atoms with Gasteiger partial charge in [-0.3, -0.25) is 0 Å². The number of benzene rings is 2. The Morgan fingerprint density at radius 1 is 0.947 bits per heavy atom. The standard InChI is InChI=1S/C13H8F3NO2/c14-13(15,16)9-3-1-5-11(7-9)19-12-6-2-4-10(8-12)17-18/h1-8H. The maximum absolute atomic E-state index is 12.5. The molecule has 6 heteroatoms. The average Bonchev–Trinajstić information content (AvgIpc) is 2.38. The Morgan fingerprint density at radius 2 is 1.58 bits per heavy atom. The first-order valence-corrected chi connectivity index (χ1v) is 5.27. The second kappa shape index (κ2) is 5.09. The van der Waals surface area contributed by atoms with E-state index in [9.17, 15) is 18.1 Å². The van der Waals surface area contributed by atoms with Gasteiger partial charge in [0.05, 0.1) is 5.56 Å². The SMILES string of the molecule is O=Nc1cccc(Oc2cccc(C(F)(F)F)c2)c1. The van der Waals surface area contributed by atoms with E-state index >= 15 is 0 Å². The van der Waals surface area contributed by atoms with Gasteiger partial charge in [-0.15, -0.1) is 4.91 Å². The minimum Gasteiger partial charge on any atom is -0.457 e. The zero-order valence-electron chi connectivity index (χ0n) is 9.52. The summed E-state index contributed by atoms with van der Waals surface area (Å²) in [7, 11) is 0. The fourth-order valence-corrected chi connectivity index (χ4v) is 1.48. The maximum atomic E-state index is 12.5. The predicted molar refractivity (Wildman–Crippen MR) is 63.4 cm³/mol. The van der Waals surface area contributed by atoms with Crippen molar-refractivity contribution >= 4 is 5.69 Å². The second-order valence-corrected chi connectivity index (χ2v) is 3.72. The maximum Gasteiger partial charge on any atom is 0.416 e. The summed E-state index contributed by atoms with van der Waals surface area (Å²) in [6.45, 7) is 0. The summed E-state index contributed by atoms with van der Waals surface area (Å²) in [6.07, 6.45) is -4.43. The van der Waals surface area contributed by atoms with Gasteiger partial charge in [0, 0.05) is 6.07 Å². The van der Waals surface area contributed by atoms with Crippen LogP contribution < -0.4 is 4.74 Å². The van der Waals surface area contributed by atoms with Gasteiger partial charge in [0.25, 0.3) is 0 Å². The largest absolute Gasteiger partial charge is 0.457 e. The van der Waals surface area contributed by atoms with Crippen molar-refractivity contribution in [3.05, 3.63) is 59.0 Å². The van der Waals surface area contributed by atoms with E-state index in [-0.39, 0.29) is 17.2 Å². The average molecular weight is 267 g/mol. The number of ether oxygens (including phenoxy) is 1. The first-order chi connectivity index (χ1) is 8.99. The first kappa shape index (κ1) is 13.1. The van der Waals surface area contributed by atoms with Gasteiger partial charge < -0.3 is 4.74 Å². The molecule has 2 aromatic rings. The van der Waals surface area contributed by atoms with Crippen molar-refractivity contribution in [3.8, 4) is 11.5 Å². The topological polar surface area (TPSA) is 38.7 Å². The van der Waals surface area contributed by atoms with E-state index in [4.69, 9.17) is 4.74 Å². The Labute approximate surface area is 106 Å². The number of rotatable bonds is 3. The number of nitroso groups, excluding NO2 is 1. The van der Waals surface area contributed by atoms with Crippen molar-refractivity contribution in [2.24, 2.45) is 5.18 Å². The van der Waals surface area contributed by atoms with Crippen LogP contribution in [0.15, 0.2) is 53.7 Å². The Bertz CT molecular complexity index is 596. The summed E-state index contributed by atoms with van der Waals surface area (Å²) in [5.41, 5.74) is -0.654. The van der Waals surface area contributed by atoms with Gasteiger partial charge >= 0.3 is 6.18 Å². The van der Waals surface area contributed by atoms with Crippen LogP contribution in [-0.2, 0) is 6.18 Å². The van der Waals surface area contributed by atoms with Crippen LogP contribution in [0.3, 0.4) is 0 Å². The molecule has 0 saturated carbocycles. The molecule has 0 heterocycles. The molecular weight excluding hydrogens is 259 g/mol. The van der Waals surface area contributed by atoms with Crippen LogP contribution in [0, 0.1) is 4.91 Å². The van der Waals surface area contributed by atoms with Crippen LogP contribution in [0.4, 0.5) is 18.9 Å². The Kier molecular flexibility index (Phi) is 3.50. The molecule has 0 saturated heterocycles. The predicted octanol–water partition coefficient (Wildman–Crippen LogP) is 4.90. The molecule has 0 fully saturated rings. The molecule has 3 nitrogen and oxygen atoms in total. The van der Waals surface area contributed by atoms with Crippen LogP contribution >= 0.6 is 0 Å². The minimum absolute atomic E-state index is 0.0397. The van der Waals surface area contributed by atoms with Crippen LogP contribution in [0.5, 0.6) is 11.5 Å². The van der Waals surface area contributed by atoms with Gasteiger partial charge in [-0.2, -0.15) is 13.2 Å². The molecule has 0 N–H and O–H groups in total. The zero-order chi connectivity index (χ0) is 13.9. The lowest BCUT2D eigenvalue weighted by atomic mass is 10.2. The number of alkyl halides is 3. The lowest BCUT2D eigenvalue weighted by Gasteiger charge is -2.10. The Hall–Kier alpha value is -2.37. The number of nitrogens with zero attached hydrogens (tertiary/aromatic N) is 1. The van der Waals surface area contributed by atoms with Crippen LogP contribution in [0.2, 0.25) is 0 Å². The molecule has 2 rings (SSSR count). The molecule has 98 valence electrons. The van der Waals surface area contributed by atoms with Crippen molar-refractivity contribution in [2.45, 2.75) is 6.18 Å². The fourth-order valence-electron chi connectivity index (χ4n) is 1.48. The fraction of sp³-hybridized carbons (Fsp3) is 0.0769. The summed E-state index contributed by atoms with van der Waals surface area (Å²) in [5, 5.41) is 2.72. The number of hydrogen-bond acceptors (Lipinski definition) is 3. The first-order valence-electron chi connectivity index (χ1n) is 5.27. The molecule has 0 aliphatic rings. The molecule has 0 bridgehead atoms. The lowest BCUT2D eigenvalue weighted by Crippen LogP contribution is -2.04. The minimum atomic E-state index is -4.43. The van der Waals surface area contributed by atoms with Gasteiger partial charge in [-0.25, -0.2) is 0 Å². The zero-order valence-corrected chi connectivity index (χ0v) is 9.52. The molecule has 0 aliphatic carbocycles. The number of hydrogen-bond donors (Lipinski definition) is 0. The molecular formula is C13H8F3NO2. The normalized spacial score (nSPS) is 11.1. The number of halogens is 3. The van der Waals surface area contributed by atoms with Crippen molar-refractivity contribution in [1.82, 2.24) is 0 Å². The highest BCUT2D eigenvalue weighted by atomic mass is 19.4. The molecule has 0 aromatic heterocycles. The van der Waals surface area contributed by atoms with Gasteiger partial charge in [0.15, 0.2) is 0 Å². The van der Waals surface area contributed by atoms with Crippen molar-refractivity contribution in [2.75, 3.05) is 0 Å². The van der Waals surface area contributed by atoms with E-state index < -0.39 is 11.7 Å². The lowest BCUT2D eigenvalue weighted by molar-refractivity contribution is -0.137. The molecule has 0 aliphatic heterocycles. The van der Waals surface area contributed by atoms with E-state index in [1.165, 1.54) is 36.4 Å². The van der Waals surface area contributed by atoms with Crippen LogP contribution in [0.1, 0.15) is 5.56 Å². The van der Waals surface area contributed by atoms with Gasteiger partial charge in [0.1, 0.15) is 17.2 Å². The van der Waals surface area contributed by atoms with Crippen molar-refractivity contribution in [3.63, 3.8) is 0 Å². The van der Waals surface area contributed by atoms with E-state index in [2.05, 4.69) is 5.18 Å². The highest BCUT2D eigenvalue weighted by molar-refractivity contribution is 5.44. The van der Waals surface area contributed by atoms with Crippen LogP contribution in [0.25, 0.3) is 0 Å². The summed E-state index contributed by atoms with van der Waals surface area (Å²) < 4.78 is 42.8. The van der Waals surface area contributed by atoms with Gasteiger partial charge in [-0.05, 0) is 35.5 Å². The Balaban J connectivity index is 2.25. The molecule has 0 amide bonds. The third kappa shape index (κ3) is 3.31. The summed E-state index contributed by atoms with van der Waals surface area (Å²) >= 11 is 0. The van der Waals surface area contributed by atoms with Crippen molar-refractivity contribution < 1.29 is 17.9 Å². The second-order valence-electron chi connectivity index (χ2n) is 3.72. The van der Waals surface area contributed by atoms with E-state index in [0.29, 0.717) is 0 Å². The summed E-state index contributed by atoms with van der Waals surface area (Å²) in [4.78, 5) is 10.3. The molecule has 0 spiro atoms. The molecule has 0 atom stereocenters. The van der Waals surface area contributed by atoms with E-state index in [0.717, 1.165) is 12.1 Å². The third-order valence-electron chi connectivity index (χ3n) is 2.32. The Morgan fingerprint density at radius 3 is 2.21 bits per heavy atom. The van der Waals surface area contributed by atoms with E-state index in [1.807, 2.05) is 0 Å².